The zero-order valence-corrected chi connectivity index (χ0v) is 10.6. The van der Waals surface area contributed by atoms with E-state index in [1.807, 2.05) is 0 Å². The highest BCUT2D eigenvalue weighted by Crippen LogP contribution is 2.32. The third-order valence-corrected chi connectivity index (χ3v) is 2.83. The molecule has 0 aliphatic heterocycles. The number of methoxy groups -OCH3 is 1. The fraction of sp³-hybridized carbons (Fsp3) is 0.333. The first-order chi connectivity index (χ1) is 6.97. The number of halogens is 2. The molecule has 7 nitrogen and oxygen atoms in total. The molecule has 0 aliphatic rings. The summed E-state index contributed by atoms with van der Waals surface area (Å²) in [5.41, 5.74) is -0.223. The fourth-order valence-electron chi connectivity index (χ4n) is 0.847. The third kappa shape index (κ3) is 2.53. The van der Waals surface area contributed by atoms with Crippen LogP contribution in [0.25, 0.3) is 0 Å². The standard InChI is InChI=1S/C6H5Br2N3O4/c1-15-3(12)2-10-6(8)4(11(13)14)5(7)9-10/h2H2,1H3. The second kappa shape index (κ2) is 4.71. The van der Waals surface area contributed by atoms with Gasteiger partial charge in [-0.15, -0.1) is 0 Å². The van der Waals surface area contributed by atoms with Gasteiger partial charge in [0.05, 0.1) is 12.0 Å². The summed E-state index contributed by atoms with van der Waals surface area (Å²) >= 11 is 5.91. The second-order valence-electron chi connectivity index (χ2n) is 2.42. The molecule has 0 radical (unpaired) electrons. The van der Waals surface area contributed by atoms with E-state index in [1.54, 1.807) is 0 Å². The van der Waals surface area contributed by atoms with Gasteiger partial charge < -0.3 is 4.74 Å². The lowest BCUT2D eigenvalue weighted by molar-refractivity contribution is -0.386. The van der Waals surface area contributed by atoms with Crippen molar-refractivity contribution < 1.29 is 14.5 Å². The summed E-state index contributed by atoms with van der Waals surface area (Å²) in [7, 11) is 1.23. The Morgan fingerprint density at radius 1 is 1.67 bits per heavy atom. The molecule has 15 heavy (non-hydrogen) atoms. The number of ether oxygens (including phenoxy) is 1. The minimum absolute atomic E-state index is 0.0586. The summed E-state index contributed by atoms with van der Waals surface area (Å²) in [5.74, 6) is -0.541. The highest BCUT2D eigenvalue weighted by Gasteiger charge is 2.25. The van der Waals surface area contributed by atoms with E-state index in [0.717, 1.165) is 4.68 Å². The lowest BCUT2D eigenvalue weighted by Crippen LogP contribution is -2.12. The summed E-state index contributed by atoms with van der Waals surface area (Å²) in [6, 6.07) is 0. The zero-order valence-electron chi connectivity index (χ0n) is 7.44. The molecule has 0 aromatic carbocycles. The Labute approximate surface area is 101 Å². The molecule has 0 unspecified atom stereocenters. The van der Waals surface area contributed by atoms with Gasteiger partial charge in [0.15, 0.2) is 4.60 Å². The number of carbonyl (C=O) groups is 1. The minimum Gasteiger partial charge on any atom is -0.468 e. The number of hydrogen-bond donors (Lipinski definition) is 0. The van der Waals surface area contributed by atoms with Crippen LogP contribution in [0.2, 0.25) is 0 Å². The van der Waals surface area contributed by atoms with Crippen molar-refractivity contribution >= 4 is 43.5 Å². The molecule has 0 spiro atoms. The normalized spacial score (nSPS) is 10.1. The van der Waals surface area contributed by atoms with E-state index in [4.69, 9.17) is 0 Å². The smallest absolute Gasteiger partial charge is 0.335 e. The number of rotatable bonds is 3. The van der Waals surface area contributed by atoms with Crippen molar-refractivity contribution in [1.82, 2.24) is 9.78 Å². The van der Waals surface area contributed by atoms with Gasteiger partial charge in [0.1, 0.15) is 6.54 Å². The number of nitro groups is 1. The summed E-state index contributed by atoms with van der Waals surface area (Å²) < 4.78 is 5.72. The van der Waals surface area contributed by atoms with Gasteiger partial charge in [0, 0.05) is 0 Å². The lowest BCUT2D eigenvalue weighted by atomic mass is 10.6. The van der Waals surface area contributed by atoms with Gasteiger partial charge >= 0.3 is 11.7 Å². The van der Waals surface area contributed by atoms with Crippen molar-refractivity contribution in [2.45, 2.75) is 6.54 Å². The van der Waals surface area contributed by atoms with Crippen molar-refractivity contribution in [2.24, 2.45) is 0 Å². The third-order valence-electron chi connectivity index (χ3n) is 1.52. The van der Waals surface area contributed by atoms with Crippen LogP contribution in [-0.2, 0) is 16.1 Å². The van der Waals surface area contributed by atoms with Gasteiger partial charge in [-0.05, 0) is 31.9 Å². The van der Waals surface area contributed by atoms with E-state index in [2.05, 4.69) is 41.7 Å². The molecule has 0 bridgehead atoms. The maximum atomic E-state index is 10.9. The van der Waals surface area contributed by atoms with Crippen LogP contribution in [0.3, 0.4) is 0 Å². The minimum atomic E-state index is -0.602. The van der Waals surface area contributed by atoms with Crippen molar-refractivity contribution in [2.75, 3.05) is 7.11 Å². The van der Waals surface area contributed by atoms with Gasteiger partial charge in [0.25, 0.3) is 0 Å². The van der Waals surface area contributed by atoms with Crippen LogP contribution in [0.4, 0.5) is 5.69 Å². The quantitative estimate of drug-likeness (QED) is 0.472. The highest BCUT2D eigenvalue weighted by molar-refractivity contribution is 9.11. The molecule has 1 rings (SSSR count). The van der Waals surface area contributed by atoms with Crippen LogP contribution in [0.1, 0.15) is 0 Å². The average molecular weight is 343 g/mol. The number of carbonyl (C=O) groups excluding carboxylic acids is 1. The van der Waals surface area contributed by atoms with E-state index in [9.17, 15) is 14.9 Å². The number of hydrogen-bond acceptors (Lipinski definition) is 5. The fourth-order valence-corrected chi connectivity index (χ4v) is 2.17. The summed E-state index contributed by atoms with van der Waals surface area (Å²) in [5, 5.41) is 14.4. The molecule has 0 N–H and O–H groups in total. The van der Waals surface area contributed by atoms with Crippen LogP contribution in [0.15, 0.2) is 9.21 Å². The van der Waals surface area contributed by atoms with Crippen molar-refractivity contribution in [3.63, 3.8) is 0 Å². The predicted octanol–water partition coefficient (Wildman–Crippen LogP) is 1.49. The Hall–Kier alpha value is -0.960. The Bertz CT molecular complexity index is 417. The van der Waals surface area contributed by atoms with Gasteiger partial charge in [-0.3, -0.25) is 14.9 Å². The molecule has 1 heterocycles. The van der Waals surface area contributed by atoms with E-state index < -0.39 is 10.9 Å². The van der Waals surface area contributed by atoms with Crippen molar-refractivity contribution in [1.29, 1.82) is 0 Å². The van der Waals surface area contributed by atoms with Crippen molar-refractivity contribution in [3.05, 3.63) is 19.3 Å². The summed E-state index contributed by atoms with van der Waals surface area (Å²) in [4.78, 5) is 20.9. The predicted molar refractivity (Wildman–Crippen MR) is 56.3 cm³/mol. The Kier molecular flexibility index (Phi) is 3.80. The molecule has 0 amide bonds. The van der Waals surface area contributed by atoms with Crippen LogP contribution in [-0.4, -0.2) is 27.8 Å². The lowest BCUT2D eigenvalue weighted by Gasteiger charge is -1.99. The molecule has 0 aliphatic carbocycles. The number of nitrogens with zero attached hydrogens (tertiary/aromatic N) is 3. The van der Waals surface area contributed by atoms with Crippen LogP contribution in [0, 0.1) is 10.1 Å². The molecule has 1 aromatic rings. The maximum absolute atomic E-state index is 10.9. The SMILES string of the molecule is COC(=O)Cn1nc(Br)c([N+](=O)[O-])c1Br. The largest absolute Gasteiger partial charge is 0.468 e. The average Bonchev–Trinajstić information content (AvgIpc) is 2.41. The molecule has 9 heteroatoms. The van der Waals surface area contributed by atoms with E-state index in [-0.39, 0.29) is 21.4 Å². The second-order valence-corrected chi connectivity index (χ2v) is 3.92. The van der Waals surface area contributed by atoms with Gasteiger partial charge in [-0.2, -0.15) is 5.10 Å². The molecule has 0 saturated carbocycles. The van der Waals surface area contributed by atoms with Gasteiger partial charge in [-0.25, -0.2) is 4.68 Å². The molecule has 1 aromatic heterocycles. The molecular weight excluding hydrogens is 338 g/mol. The van der Waals surface area contributed by atoms with Crippen LogP contribution >= 0.6 is 31.9 Å². The Morgan fingerprint density at radius 3 is 2.67 bits per heavy atom. The first-order valence-corrected chi connectivity index (χ1v) is 5.19. The summed E-state index contributed by atoms with van der Waals surface area (Å²) in [6.45, 7) is -0.191. The van der Waals surface area contributed by atoms with Crippen LogP contribution < -0.4 is 0 Å². The molecule has 0 atom stereocenters. The van der Waals surface area contributed by atoms with Gasteiger partial charge in [-0.1, -0.05) is 0 Å². The first-order valence-electron chi connectivity index (χ1n) is 3.60. The number of aromatic nitrogens is 2. The molecule has 0 saturated heterocycles. The molecular formula is C6H5Br2N3O4. The topological polar surface area (TPSA) is 87.3 Å². The highest BCUT2D eigenvalue weighted by atomic mass is 79.9. The maximum Gasteiger partial charge on any atom is 0.335 e. The van der Waals surface area contributed by atoms with E-state index >= 15 is 0 Å². The summed E-state index contributed by atoms with van der Waals surface area (Å²) in [6.07, 6.45) is 0. The van der Waals surface area contributed by atoms with Gasteiger partial charge in [0.2, 0.25) is 4.60 Å². The van der Waals surface area contributed by atoms with Crippen LogP contribution in [0.5, 0.6) is 0 Å². The van der Waals surface area contributed by atoms with E-state index in [1.165, 1.54) is 7.11 Å². The Morgan fingerprint density at radius 2 is 2.27 bits per heavy atom. The Balaban J connectivity index is 3.07. The monoisotopic (exact) mass is 341 g/mol. The first kappa shape index (κ1) is 12.1. The zero-order chi connectivity index (χ0) is 11.6. The van der Waals surface area contributed by atoms with E-state index in [0.29, 0.717) is 0 Å². The molecule has 82 valence electrons. The molecule has 0 fully saturated rings. The van der Waals surface area contributed by atoms with Crippen molar-refractivity contribution in [3.8, 4) is 0 Å². The number of esters is 1.